The average Bonchev–Trinajstić information content (AvgIpc) is 3.61. The molecule has 11 heteroatoms. The number of carbonyl (C=O) groups excluding carboxylic acids is 2. The minimum Gasteiger partial charge on any atom is -0.443 e. The summed E-state index contributed by atoms with van der Waals surface area (Å²) in [4.78, 5) is 36.5. The molecule has 10 nitrogen and oxygen atoms in total. The Morgan fingerprint density at radius 3 is 2.70 bits per heavy atom. The summed E-state index contributed by atoms with van der Waals surface area (Å²) in [7, 11) is 0. The highest BCUT2D eigenvalue weighted by atomic mass is 19.1. The van der Waals surface area contributed by atoms with E-state index in [1.807, 2.05) is 6.07 Å². The molecule has 0 unspecified atom stereocenters. The van der Waals surface area contributed by atoms with Crippen LogP contribution in [-0.2, 0) is 21.6 Å². The number of imide groups is 1. The van der Waals surface area contributed by atoms with Gasteiger partial charge < -0.3 is 19.9 Å². The number of ether oxygens (including phenoxy) is 2. The number of imidazole rings is 1. The van der Waals surface area contributed by atoms with Crippen LogP contribution in [0.15, 0.2) is 55.0 Å². The number of halogens is 1. The quantitative estimate of drug-likeness (QED) is 0.376. The van der Waals surface area contributed by atoms with E-state index in [4.69, 9.17) is 9.47 Å². The second-order valence-electron chi connectivity index (χ2n) is 11.0. The average molecular weight is 546 g/mol. The topological polar surface area (TPSA) is 118 Å². The molecule has 0 spiro atoms. The fraction of sp³-hybridized carbons (Fsp3) is 0.310. The Kier molecular flexibility index (Phi) is 6.08. The van der Waals surface area contributed by atoms with E-state index in [0.29, 0.717) is 58.1 Å². The van der Waals surface area contributed by atoms with Gasteiger partial charge in [0.15, 0.2) is 0 Å². The van der Waals surface area contributed by atoms with Gasteiger partial charge in [-0.3, -0.25) is 9.20 Å². The molecule has 206 valence electrons. The van der Waals surface area contributed by atoms with Crippen LogP contribution in [-0.4, -0.2) is 55.2 Å². The zero-order valence-electron chi connectivity index (χ0n) is 22.3. The van der Waals surface area contributed by atoms with Gasteiger partial charge in [-0.15, -0.1) is 0 Å². The van der Waals surface area contributed by atoms with E-state index in [1.165, 1.54) is 12.1 Å². The normalized spacial score (nSPS) is 18.8. The number of pyridine rings is 2. The SMILES string of the molecule is CC(C)(C)OC(=O)N1Cc2c(-c3cnc4cc(F)ccn34)ccc(Nc3ccc([C@]4(O)CCOC4)cn3)c2C1=O. The van der Waals surface area contributed by atoms with Crippen molar-refractivity contribution >= 4 is 29.2 Å². The molecule has 2 aliphatic rings. The molecule has 2 amide bonds. The van der Waals surface area contributed by atoms with Crippen molar-refractivity contribution in [2.45, 2.75) is 44.9 Å². The van der Waals surface area contributed by atoms with E-state index in [-0.39, 0.29) is 13.2 Å². The Labute approximate surface area is 229 Å². The number of benzene rings is 1. The van der Waals surface area contributed by atoms with Crippen molar-refractivity contribution in [3.63, 3.8) is 0 Å². The molecule has 3 aromatic heterocycles. The summed E-state index contributed by atoms with van der Waals surface area (Å²) in [6, 6.07) is 9.70. The van der Waals surface area contributed by atoms with Gasteiger partial charge in [-0.2, -0.15) is 0 Å². The van der Waals surface area contributed by atoms with Gasteiger partial charge >= 0.3 is 6.09 Å². The van der Waals surface area contributed by atoms with Crippen LogP contribution in [0.1, 0.15) is 48.7 Å². The highest BCUT2D eigenvalue weighted by Gasteiger charge is 2.39. The molecular formula is C29H28FN5O5. The number of aromatic nitrogens is 3. The van der Waals surface area contributed by atoms with Crippen LogP contribution in [0.4, 0.5) is 20.7 Å². The number of nitrogens with zero attached hydrogens (tertiary/aromatic N) is 4. The number of carbonyl (C=O) groups is 2. The standard InChI is InChI=1S/C29H28FN5O5/c1-28(2,3)40-27(37)35-15-20-19(22-14-32-24-12-18(30)8-10-34(22)24)5-6-21(25(20)26(35)36)33-23-7-4-17(13-31-23)29(38)9-11-39-16-29/h4-8,10,12-14,38H,9,11,15-16H2,1-3H3,(H,31,33)/t29-/m0/s1. The summed E-state index contributed by atoms with van der Waals surface area (Å²) < 4.78 is 26.4. The zero-order valence-corrected chi connectivity index (χ0v) is 22.3. The van der Waals surface area contributed by atoms with E-state index in [9.17, 15) is 19.1 Å². The smallest absolute Gasteiger partial charge is 0.417 e. The second kappa shape index (κ2) is 9.39. The summed E-state index contributed by atoms with van der Waals surface area (Å²) in [5.41, 5.74) is 1.87. The van der Waals surface area contributed by atoms with Crippen molar-refractivity contribution in [3.05, 3.63) is 77.5 Å². The Hall–Kier alpha value is -4.35. The molecule has 6 rings (SSSR count). The summed E-state index contributed by atoms with van der Waals surface area (Å²) in [6.45, 7) is 5.88. The molecule has 0 saturated carbocycles. The van der Waals surface area contributed by atoms with Gasteiger partial charge in [0, 0.05) is 42.6 Å². The monoisotopic (exact) mass is 545 g/mol. The summed E-state index contributed by atoms with van der Waals surface area (Å²) in [5, 5.41) is 14.0. The van der Waals surface area contributed by atoms with Crippen molar-refractivity contribution in [1.29, 1.82) is 0 Å². The fourth-order valence-electron chi connectivity index (χ4n) is 5.05. The number of hydrogen-bond acceptors (Lipinski definition) is 8. The first-order chi connectivity index (χ1) is 19.0. The third-order valence-corrected chi connectivity index (χ3v) is 7.02. The number of hydrogen-bond donors (Lipinski definition) is 2. The minimum atomic E-state index is -1.07. The fourth-order valence-corrected chi connectivity index (χ4v) is 5.05. The van der Waals surface area contributed by atoms with E-state index in [1.54, 1.807) is 62.0 Å². The molecule has 2 N–H and O–H groups in total. The van der Waals surface area contributed by atoms with E-state index < -0.39 is 29.0 Å². The first kappa shape index (κ1) is 25.9. The number of anilines is 2. The van der Waals surface area contributed by atoms with E-state index >= 15 is 0 Å². The highest BCUT2D eigenvalue weighted by Crippen LogP contribution is 2.39. The third-order valence-electron chi connectivity index (χ3n) is 7.02. The van der Waals surface area contributed by atoms with Gasteiger partial charge in [-0.05, 0) is 44.5 Å². The van der Waals surface area contributed by atoms with E-state index in [0.717, 1.165) is 4.90 Å². The van der Waals surface area contributed by atoms with Crippen LogP contribution in [0.2, 0.25) is 0 Å². The van der Waals surface area contributed by atoms with Crippen molar-refractivity contribution < 1.29 is 28.6 Å². The van der Waals surface area contributed by atoms with Crippen molar-refractivity contribution in [2.24, 2.45) is 0 Å². The van der Waals surface area contributed by atoms with Crippen LogP contribution in [0, 0.1) is 5.82 Å². The maximum absolute atomic E-state index is 13.8. The molecule has 4 aromatic rings. The van der Waals surface area contributed by atoms with Crippen molar-refractivity contribution in [2.75, 3.05) is 18.5 Å². The summed E-state index contributed by atoms with van der Waals surface area (Å²) in [6.07, 6.45) is 4.50. The first-order valence-corrected chi connectivity index (χ1v) is 12.9. The van der Waals surface area contributed by atoms with Crippen LogP contribution in [0.5, 0.6) is 0 Å². The molecule has 0 bridgehead atoms. The number of amides is 2. The predicted molar refractivity (Wildman–Crippen MR) is 144 cm³/mol. The lowest BCUT2D eigenvalue weighted by Gasteiger charge is -2.23. The lowest BCUT2D eigenvalue weighted by Crippen LogP contribution is -2.37. The van der Waals surface area contributed by atoms with Gasteiger partial charge in [-0.1, -0.05) is 12.1 Å². The predicted octanol–water partition coefficient (Wildman–Crippen LogP) is 4.78. The summed E-state index contributed by atoms with van der Waals surface area (Å²) in [5.74, 6) is -0.468. The lowest BCUT2D eigenvalue weighted by atomic mass is 9.95. The first-order valence-electron chi connectivity index (χ1n) is 12.9. The largest absolute Gasteiger partial charge is 0.443 e. The minimum absolute atomic E-state index is 0.0121. The van der Waals surface area contributed by atoms with E-state index in [2.05, 4.69) is 15.3 Å². The maximum atomic E-state index is 13.8. The molecular weight excluding hydrogens is 517 g/mol. The molecule has 0 aliphatic carbocycles. The van der Waals surface area contributed by atoms with Gasteiger partial charge in [0.2, 0.25) is 0 Å². The molecule has 2 aliphatic heterocycles. The van der Waals surface area contributed by atoms with Gasteiger partial charge in [-0.25, -0.2) is 24.1 Å². The zero-order chi connectivity index (χ0) is 28.2. The Bertz CT molecular complexity index is 1640. The number of aliphatic hydroxyl groups is 1. The number of nitrogens with one attached hydrogen (secondary N) is 1. The molecule has 5 heterocycles. The molecule has 40 heavy (non-hydrogen) atoms. The second-order valence-corrected chi connectivity index (χ2v) is 11.0. The van der Waals surface area contributed by atoms with Crippen molar-refractivity contribution in [3.8, 4) is 11.3 Å². The highest BCUT2D eigenvalue weighted by molar-refractivity contribution is 6.11. The van der Waals surface area contributed by atoms with Gasteiger partial charge in [0.05, 0.1) is 36.3 Å². The van der Waals surface area contributed by atoms with Gasteiger partial charge in [0.25, 0.3) is 5.91 Å². The molecule has 1 aromatic carbocycles. The third kappa shape index (κ3) is 4.56. The van der Waals surface area contributed by atoms with Crippen LogP contribution in [0.25, 0.3) is 16.9 Å². The van der Waals surface area contributed by atoms with Crippen molar-refractivity contribution in [1.82, 2.24) is 19.3 Å². The summed E-state index contributed by atoms with van der Waals surface area (Å²) >= 11 is 0. The Morgan fingerprint density at radius 2 is 2.00 bits per heavy atom. The van der Waals surface area contributed by atoms with Crippen LogP contribution in [0.3, 0.4) is 0 Å². The number of rotatable bonds is 4. The lowest BCUT2D eigenvalue weighted by molar-refractivity contribution is 0.0228. The Balaban J connectivity index is 1.40. The molecule has 1 atom stereocenters. The molecule has 1 saturated heterocycles. The Morgan fingerprint density at radius 1 is 1.18 bits per heavy atom. The maximum Gasteiger partial charge on any atom is 0.417 e. The molecule has 0 radical (unpaired) electrons. The van der Waals surface area contributed by atoms with Gasteiger partial charge in [0.1, 0.15) is 28.5 Å². The van der Waals surface area contributed by atoms with Crippen LogP contribution < -0.4 is 5.32 Å². The number of fused-ring (bicyclic) bond motifs is 2. The van der Waals surface area contributed by atoms with Crippen LogP contribution >= 0.6 is 0 Å². The molecule has 1 fully saturated rings.